The predicted molar refractivity (Wildman–Crippen MR) is 104 cm³/mol. The molecule has 3 aromatic rings. The number of aryl methyl sites for hydroxylation is 1. The summed E-state index contributed by atoms with van der Waals surface area (Å²) in [6.07, 6.45) is 0. The fourth-order valence-electron chi connectivity index (χ4n) is 3.12. The highest BCUT2D eigenvalue weighted by molar-refractivity contribution is 6.33. The molecule has 1 fully saturated rings. The lowest BCUT2D eigenvalue weighted by Crippen LogP contribution is -2.48. The first-order chi connectivity index (χ1) is 11.6. The van der Waals surface area contributed by atoms with Crippen molar-refractivity contribution in [2.75, 3.05) is 24.5 Å². The van der Waals surface area contributed by atoms with Crippen LogP contribution in [-0.2, 0) is 11.8 Å². The molecule has 0 unspecified atom stereocenters. The number of para-hydroxylation sites is 2. The Bertz CT molecular complexity index is 938. The van der Waals surface area contributed by atoms with Gasteiger partial charge in [0, 0.05) is 31.4 Å². The smallest absolute Gasteiger partial charge is 0.240 e. The molecule has 7 heteroatoms. The molecule has 0 aliphatic carbocycles. The van der Waals surface area contributed by atoms with Crippen LogP contribution in [-0.4, -0.2) is 35.1 Å². The van der Waals surface area contributed by atoms with Crippen LogP contribution in [0.5, 0.6) is 0 Å². The van der Waals surface area contributed by atoms with E-state index in [2.05, 4.69) is 5.32 Å². The Morgan fingerprint density at radius 1 is 1.20 bits per heavy atom. The molecular weight excluding hydrogens is 359 g/mol. The van der Waals surface area contributed by atoms with Crippen molar-refractivity contribution in [3.63, 3.8) is 0 Å². The van der Waals surface area contributed by atoms with Gasteiger partial charge >= 0.3 is 0 Å². The molecular formula is C18H18Cl2N4O. The number of nitrogens with zero attached hydrogens (tertiary/aromatic N) is 3. The predicted octanol–water partition coefficient (Wildman–Crippen LogP) is 3.25. The summed E-state index contributed by atoms with van der Waals surface area (Å²) >= 11 is 6.44. The lowest BCUT2D eigenvalue weighted by Gasteiger charge is -2.27. The van der Waals surface area contributed by atoms with E-state index in [-0.39, 0.29) is 18.3 Å². The second-order valence-electron chi connectivity index (χ2n) is 5.87. The number of rotatable bonds is 2. The number of imidazole rings is 1. The maximum atomic E-state index is 12.1. The summed E-state index contributed by atoms with van der Waals surface area (Å²) in [5.41, 5.74) is 3.66. The quantitative estimate of drug-likeness (QED) is 0.746. The van der Waals surface area contributed by atoms with E-state index in [1.165, 1.54) is 0 Å². The van der Waals surface area contributed by atoms with Gasteiger partial charge in [-0.15, -0.1) is 12.4 Å². The zero-order valence-corrected chi connectivity index (χ0v) is 15.3. The maximum absolute atomic E-state index is 12.1. The summed E-state index contributed by atoms with van der Waals surface area (Å²) in [4.78, 5) is 18.6. The monoisotopic (exact) mass is 376 g/mol. The van der Waals surface area contributed by atoms with E-state index in [1.807, 2.05) is 54.1 Å². The van der Waals surface area contributed by atoms with Crippen molar-refractivity contribution in [1.82, 2.24) is 14.9 Å². The first-order valence-corrected chi connectivity index (χ1v) is 8.25. The van der Waals surface area contributed by atoms with E-state index >= 15 is 0 Å². The zero-order valence-electron chi connectivity index (χ0n) is 13.7. The van der Waals surface area contributed by atoms with Crippen LogP contribution in [0.15, 0.2) is 42.5 Å². The largest absolute Gasteiger partial charge is 0.327 e. The molecule has 130 valence electrons. The normalized spacial score (nSPS) is 14.6. The second kappa shape index (κ2) is 7.04. The fraction of sp³-hybridized carbons (Fsp3) is 0.222. The van der Waals surface area contributed by atoms with Crippen LogP contribution < -0.4 is 10.2 Å². The van der Waals surface area contributed by atoms with Crippen molar-refractivity contribution < 1.29 is 4.79 Å². The highest BCUT2D eigenvalue weighted by atomic mass is 35.5. The van der Waals surface area contributed by atoms with Gasteiger partial charge in [0.1, 0.15) is 5.82 Å². The highest BCUT2D eigenvalue weighted by Crippen LogP contribution is 2.33. The first-order valence-electron chi connectivity index (χ1n) is 7.87. The summed E-state index contributed by atoms with van der Waals surface area (Å²) in [5, 5.41) is 3.71. The molecule has 1 N–H and O–H groups in total. The molecule has 0 atom stereocenters. The van der Waals surface area contributed by atoms with Crippen LogP contribution in [0, 0.1) is 0 Å². The minimum Gasteiger partial charge on any atom is -0.327 e. The number of anilines is 1. The molecule has 25 heavy (non-hydrogen) atoms. The van der Waals surface area contributed by atoms with E-state index in [1.54, 1.807) is 4.90 Å². The Kier molecular flexibility index (Phi) is 4.99. The molecule has 0 saturated carbocycles. The van der Waals surface area contributed by atoms with E-state index < -0.39 is 0 Å². The molecule has 1 amide bonds. The number of hydrogen-bond acceptors (Lipinski definition) is 3. The SMILES string of the molecule is Cl.Cn1c(-c2cc(N3CCNCC3=O)ccc2Cl)nc2ccccc21. The van der Waals surface area contributed by atoms with Gasteiger partial charge in [-0.25, -0.2) is 4.98 Å². The van der Waals surface area contributed by atoms with Gasteiger partial charge in [-0.2, -0.15) is 0 Å². The molecule has 2 heterocycles. The molecule has 1 aromatic heterocycles. The Labute approximate surface area is 157 Å². The van der Waals surface area contributed by atoms with Crippen LogP contribution in [0.25, 0.3) is 22.4 Å². The van der Waals surface area contributed by atoms with E-state index in [0.29, 0.717) is 18.1 Å². The number of carbonyl (C=O) groups is 1. The van der Waals surface area contributed by atoms with Crippen molar-refractivity contribution in [3.05, 3.63) is 47.5 Å². The summed E-state index contributed by atoms with van der Waals surface area (Å²) in [7, 11) is 1.98. The van der Waals surface area contributed by atoms with Gasteiger partial charge in [0.25, 0.3) is 0 Å². The molecule has 1 saturated heterocycles. The zero-order chi connectivity index (χ0) is 16.7. The molecule has 2 aromatic carbocycles. The third kappa shape index (κ3) is 3.11. The number of nitrogens with one attached hydrogen (secondary N) is 1. The van der Waals surface area contributed by atoms with E-state index in [0.717, 1.165) is 34.7 Å². The Balaban J connectivity index is 0.00000182. The highest BCUT2D eigenvalue weighted by Gasteiger charge is 2.21. The van der Waals surface area contributed by atoms with Crippen LogP contribution in [0.1, 0.15) is 0 Å². The molecule has 0 bridgehead atoms. The molecule has 0 spiro atoms. The maximum Gasteiger partial charge on any atom is 0.240 e. The third-order valence-corrected chi connectivity index (χ3v) is 4.71. The molecule has 1 aliphatic rings. The number of carbonyl (C=O) groups excluding carboxylic acids is 1. The Morgan fingerprint density at radius 3 is 2.76 bits per heavy atom. The van der Waals surface area contributed by atoms with Gasteiger partial charge < -0.3 is 14.8 Å². The van der Waals surface area contributed by atoms with Gasteiger partial charge in [-0.1, -0.05) is 23.7 Å². The number of halogens is 2. The summed E-state index contributed by atoms with van der Waals surface area (Å²) in [5.74, 6) is 0.866. The number of benzene rings is 2. The van der Waals surface area contributed by atoms with Crippen molar-refractivity contribution in [3.8, 4) is 11.4 Å². The number of hydrogen-bond donors (Lipinski definition) is 1. The van der Waals surface area contributed by atoms with Crippen LogP contribution in [0.4, 0.5) is 5.69 Å². The standard InChI is InChI=1S/C18H17ClN4O.ClH/c1-22-16-5-3-2-4-15(16)21-18(22)13-10-12(6-7-14(13)19)23-9-8-20-11-17(23)24;/h2-7,10,20H,8-9,11H2,1H3;1H. The molecule has 5 nitrogen and oxygen atoms in total. The van der Waals surface area contributed by atoms with E-state index in [9.17, 15) is 4.79 Å². The third-order valence-electron chi connectivity index (χ3n) is 4.38. The summed E-state index contributed by atoms with van der Waals surface area (Å²) in [6.45, 7) is 1.81. The fourth-order valence-corrected chi connectivity index (χ4v) is 3.32. The second-order valence-corrected chi connectivity index (χ2v) is 6.28. The summed E-state index contributed by atoms with van der Waals surface area (Å²) < 4.78 is 2.03. The molecule has 0 radical (unpaired) electrons. The van der Waals surface area contributed by atoms with Gasteiger partial charge in [0.15, 0.2) is 0 Å². The van der Waals surface area contributed by atoms with Gasteiger partial charge in [0.2, 0.25) is 5.91 Å². The number of fused-ring (bicyclic) bond motifs is 1. The summed E-state index contributed by atoms with van der Waals surface area (Å²) in [6, 6.07) is 13.6. The van der Waals surface area contributed by atoms with Crippen LogP contribution in [0.3, 0.4) is 0 Å². The van der Waals surface area contributed by atoms with Crippen molar-refractivity contribution in [1.29, 1.82) is 0 Å². The lowest BCUT2D eigenvalue weighted by atomic mass is 10.1. The number of piperazine rings is 1. The van der Waals surface area contributed by atoms with Crippen LogP contribution >= 0.6 is 24.0 Å². The van der Waals surface area contributed by atoms with Gasteiger partial charge in [0.05, 0.1) is 22.6 Å². The number of aromatic nitrogens is 2. The molecule has 4 rings (SSSR count). The first kappa shape index (κ1) is 17.7. The Hall–Kier alpha value is -2.08. The topological polar surface area (TPSA) is 50.2 Å². The Morgan fingerprint density at radius 2 is 2.00 bits per heavy atom. The average molecular weight is 377 g/mol. The minimum atomic E-state index is 0. The average Bonchev–Trinajstić information content (AvgIpc) is 2.93. The van der Waals surface area contributed by atoms with Crippen molar-refractivity contribution in [2.45, 2.75) is 0 Å². The number of amides is 1. The van der Waals surface area contributed by atoms with E-state index in [4.69, 9.17) is 16.6 Å². The molecule has 1 aliphatic heterocycles. The van der Waals surface area contributed by atoms with Crippen molar-refractivity contribution >= 4 is 46.6 Å². The van der Waals surface area contributed by atoms with Gasteiger partial charge in [-0.05, 0) is 30.3 Å². The minimum absolute atomic E-state index is 0. The van der Waals surface area contributed by atoms with Crippen molar-refractivity contribution in [2.24, 2.45) is 7.05 Å². The van der Waals surface area contributed by atoms with Crippen LogP contribution in [0.2, 0.25) is 5.02 Å². The lowest BCUT2D eigenvalue weighted by molar-refractivity contribution is -0.118. The van der Waals surface area contributed by atoms with Gasteiger partial charge in [-0.3, -0.25) is 4.79 Å².